The number of carbonyl (C=O) groups is 1. The fourth-order valence-corrected chi connectivity index (χ4v) is 3.47. The number of nitro benzene ring substituents is 1. The molecule has 0 aliphatic carbocycles. The quantitative estimate of drug-likeness (QED) is 0.345. The van der Waals surface area contributed by atoms with Crippen LogP contribution in [0.5, 0.6) is 0 Å². The predicted molar refractivity (Wildman–Crippen MR) is 102 cm³/mol. The van der Waals surface area contributed by atoms with E-state index in [0.29, 0.717) is 5.69 Å². The van der Waals surface area contributed by atoms with Crippen LogP contribution < -0.4 is 15.4 Å². The number of para-hydroxylation sites is 2. The van der Waals surface area contributed by atoms with Crippen molar-refractivity contribution in [3.8, 4) is 0 Å². The second kappa shape index (κ2) is 8.80. The summed E-state index contributed by atoms with van der Waals surface area (Å²) >= 11 is 5.88. The standard InChI is InChI=1S/C16H17ClN4O5S/c1-18-27(25,26)15-10-11(6-7-12(15)17)16(22)20-9-8-19-13-4-2-3-5-14(13)21(23)24/h2-7,10,18-19H,8-9H2,1H3,(H,20,22). The summed E-state index contributed by atoms with van der Waals surface area (Å²) in [6.45, 7) is 0.410. The highest BCUT2D eigenvalue weighted by atomic mass is 35.5. The molecule has 0 atom stereocenters. The van der Waals surface area contributed by atoms with Gasteiger partial charge < -0.3 is 10.6 Å². The maximum Gasteiger partial charge on any atom is 0.292 e. The number of hydrogen-bond donors (Lipinski definition) is 3. The van der Waals surface area contributed by atoms with Crippen LogP contribution in [-0.4, -0.2) is 39.4 Å². The van der Waals surface area contributed by atoms with Gasteiger partial charge in [-0.3, -0.25) is 14.9 Å². The predicted octanol–water partition coefficient (Wildman–Crippen LogP) is 2.00. The molecule has 0 saturated carbocycles. The van der Waals surface area contributed by atoms with Crippen LogP contribution in [0.4, 0.5) is 11.4 Å². The lowest BCUT2D eigenvalue weighted by atomic mass is 10.2. The number of anilines is 1. The zero-order chi connectivity index (χ0) is 20.0. The molecule has 3 N–H and O–H groups in total. The molecule has 9 nitrogen and oxygen atoms in total. The van der Waals surface area contributed by atoms with E-state index < -0.39 is 20.9 Å². The number of amides is 1. The summed E-state index contributed by atoms with van der Waals surface area (Å²) in [5, 5.41) is 16.4. The van der Waals surface area contributed by atoms with Crippen LogP contribution in [0, 0.1) is 10.1 Å². The monoisotopic (exact) mass is 412 g/mol. The SMILES string of the molecule is CNS(=O)(=O)c1cc(C(=O)NCCNc2ccccc2[N+](=O)[O-])ccc1Cl. The van der Waals surface area contributed by atoms with Gasteiger partial charge in [0.2, 0.25) is 10.0 Å². The van der Waals surface area contributed by atoms with Crippen molar-refractivity contribution in [1.29, 1.82) is 0 Å². The Labute approximate surface area is 160 Å². The molecule has 0 aromatic heterocycles. The normalized spacial score (nSPS) is 11.0. The Bertz CT molecular complexity index is 965. The maximum absolute atomic E-state index is 12.2. The van der Waals surface area contributed by atoms with E-state index in [0.717, 1.165) is 0 Å². The van der Waals surface area contributed by atoms with Crippen molar-refractivity contribution in [3.63, 3.8) is 0 Å². The fourth-order valence-electron chi connectivity index (χ4n) is 2.22. The van der Waals surface area contributed by atoms with Gasteiger partial charge in [0.15, 0.2) is 0 Å². The zero-order valence-corrected chi connectivity index (χ0v) is 15.8. The number of benzene rings is 2. The third-order valence-electron chi connectivity index (χ3n) is 3.58. The van der Waals surface area contributed by atoms with Crippen LogP contribution in [0.15, 0.2) is 47.4 Å². The first kappa shape index (κ1) is 20.6. The minimum absolute atomic E-state index is 0.000969. The van der Waals surface area contributed by atoms with Gasteiger partial charge >= 0.3 is 0 Å². The lowest BCUT2D eigenvalue weighted by Crippen LogP contribution is -2.29. The summed E-state index contributed by atoms with van der Waals surface area (Å²) in [4.78, 5) is 22.4. The van der Waals surface area contributed by atoms with Crippen LogP contribution in [0.25, 0.3) is 0 Å². The van der Waals surface area contributed by atoms with E-state index in [1.807, 2.05) is 0 Å². The van der Waals surface area contributed by atoms with Gasteiger partial charge in [-0.25, -0.2) is 13.1 Å². The van der Waals surface area contributed by atoms with Gasteiger partial charge in [-0.15, -0.1) is 0 Å². The molecule has 27 heavy (non-hydrogen) atoms. The molecule has 0 saturated heterocycles. The number of rotatable bonds is 8. The average Bonchev–Trinajstić information content (AvgIpc) is 2.65. The molecule has 0 heterocycles. The van der Waals surface area contributed by atoms with Crippen molar-refractivity contribution in [2.24, 2.45) is 0 Å². The van der Waals surface area contributed by atoms with Crippen molar-refractivity contribution >= 4 is 38.9 Å². The molecule has 0 fully saturated rings. The smallest absolute Gasteiger partial charge is 0.292 e. The Morgan fingerprint density at radius 3 is 2.56 bits per heavy atom. The molecule has 2 aromatic rings. The number of nitro groups is 1. The van der Waals surface area contributed by atoms with Crippen LogP contribution >= 0.6 is 11.6 Å². The lowest BCUT2D eigenvalue weighted by molar-refractivity contribution is -0.384. The zero-order valence-electron chi connectivity index (χ0n) is 14.2. The highest BCUT2D eigenvalue weighted by molar-refractivity contribution is 7.89. The van der Waals surface area contributed by atoms with Gasteiger partial charge in [-0.1, -0.05) is 23.7 Å². The minimum atomic E-state index is -3.80. The topological polar surface area (TPSA) is 130 Å². The maximum atomic E-state index is 12.2. The van der Waals surface area contributed by atoms with Gasteiger partial charge in [-0.05, 0) is 31.3 Å². The number of nitrogens with one attached hydrogen (secondary N) is 3. The highest BCUT2D eigenvalue weighted by Crippen LogP contribution is 2.23. The molecule has 1 amide bonds. The Morgan fingerprint density at radius 1 is 1.19 bits per heavy atom. The summed E-state index contributed by atoms with van der Waals surface area (Å²) in [5.41, 5.74) is 0.396. The van der Waals surface area contributed by atoms with Crippen LogP contribution in [-0.2, 0) is 10.0 Å². The number of carbonyl (C=O) groups excluding carboxylic acids is 1. The van der Waals surface area contributed by atoms with E-state index in [4.69, 9.17) is 11.6 Å². The van der Waals surface area contributed by atoms with E-state index >= 15 is 0 Å². The van der Waals surface area contributed by atoms with Gasteiger partial charge in [-0.2, -0.15) is 0 Å². The Hall–Kier alpha value is -2.69. The average molecular weight is 413 g/mol. The minimum Gasteiger partial charge on any atom is -0.378 e. The Kier molecular flexibility index (Phi) is 6.72. The molecule has 2 aromatic carbocycles. The molecule has 0 bridgehead atoms. The van der Waals surface area contributed by atoms with E-state index in [9.17, 15) is 23.3 Å². The number of sulfonamides is 1. The molecule has 0 spiro atoms. The summed E-state index contributed by atoms with van der Waals surface area (Å²) in [6.07, 6.45) is 0. The van der Waals surface area contributed by atoms with Crippen molar-refractivity contribution in [2.45, 2.75) is 4.90 Å². The van der Waals surface area contributed by atoms with E-state index in [1.54, 1.807) is 18.2 Å². The summed E-state index contributed by atoms with van der Waals surface area (Å²) in [7, 11) is -2.55. The third kappa shape index (κ3) is 5.16. The summed E-state index contributed by atoms with van der Waals surface area (Å²) in [6, 6.07) is 10.1. The third-order valence-corrected chi connectivity index (χ3v) is 5.47. The second-order valence-electron chi connectivity index (χ2n) is 5.31. The highest BCUT2D eigenvalue weighted by Gasteiger charge is 2.18. The van der Waals surface area contributed by atoms with Gasteiger partial charge in [0.1, 0.15) is 10.6 Å². The van der Waals surface area contributed by atoms with Crippen LogP contribution in [0.3, 0.4) is 0 Å². The first-order valence-electron chi connectivity index (χ1n) is 7.75. The van der Waals surface area contributed by atoms with Crippen molar-refractivity contribution < 1.29 is 18.1 Å². The van der Waals surface area contributed by atoms with E-state index in [-0.39, 0.29) is 34.3 Å². The van der Waals surface area contributed by atoms with Gasteiger partial charge in [0.05, 0.1) is 9.95 Å². The molecule has 0 unspecified atom stereocenters. The van der Waals surface area contributed by atoms with Gasteiger partial charge in [0, 0.05) is 24.7 Å². The summed E-state index contributed by atoms with van der Waals surface area (Å²) < 4.78 is 26.0. The van der Waals surface area contributed by atoms with Gasteiger partial charge in [0.25, 0.3) is 11.6 Å². The second-order valence-corrected chi connectivity index (χ2v) is 7.57. The number of halogens is 1. The van der Waals surface area contributed by atoms with Crippen molar-refractivity contribution in [2.75, 3.05) is 25.5 Å². The molecular weight excluding hydrogens is 396 g/mol. The van der Waals surface area contributed by atoms with Crippen LogP contribution in [0.1, 0.15) is 10.4 Å². The molecular formula is C16H17ClN4O5S. The first-order chi connectivity index (χ1) is 12.8. The molecule has 0 aliphatic rings. The van der Waals surface area contributed by atoms with E-state index in [2.05, 4.69) is 15.4 Å². The lowest BCUT2D eigenvalue weighted by Gasteiger charge is -2.10. The fraction of sp³-hybridized carbons (Fsp3) is 0.188. The first-order valence-corrected chi connectivity index (χ1v) is 9.61. The molecule has 11 heteroatoms. The molecule has 2 rings (SSSR count). The molecule has 0 radical (unpaired) electrons. The number of hydrogen-bond acceptors (Lipinski definition) is 6. The van der Waals surface area contributed by atoms with E-state index in [1.165, 1.54) is 31.3 Å². The molecule has 0 aliphatic heterocycles. The Morgan fingerprint density at radius 2 is 1.89 bits per heavy atom. The molecule has 144 valence electrons. The Balaban J connectivity index is 1.99. The van der Waals surface area contributed by atoms with Crippen molar-refractivity contribution in [3.05, 3.63) is 63.2 Å². The van der Waals surface area contributed by atoms with Crippen LogP contribution in [0.2, 0.25) is 5.02 Å². The number of nitrogens with zero attached hydrogens (tertiary/aromatic N) is 1. The van der Waals surface area contributed by atoms with Crippen molar-refractivity contribution in [1.82, 2.24) is 10.0 Å². The largest absolute Gasteiger partial charge is 0.378 e. The summed E-state index contributed by atoms with van der Waals surface area (Å²) in [5.74, 6) is -0.497.